The first-order valence-electron chi connectivity index (χ1n) is 4.43. The summed E-state index contributed by atoms with van der Waals surface area (Å²) < 4.78 is 0.656. The minimum Gasteiger partial charge on any atom is -0.478 e. The van der Waals surface area contributed by atoms with E-state index in [1.54, 1.807) is 12.1 Å². The summed E-state index contributed by atoms with van der Waals surface area (Å²) in [6, 6.07) is 4.68. The molecule has 0 heterocycles. The lowest BCUT2D eigenvalue weighted by Gasteiger charge is -2.08. The van der Waals surface area contributed by atoms with Gasteiger partial charge in [0.25, 0.3) is 0 Å². The third-order valence-corrected chi connectivity index (χ3v) is 2.70. The number of benzene rings is 1. The van der Waals surface area contributed by atoms with Crippen molar-refractivity contribution in [2.24, 2.45) is 0 Å². The van der Waals surface area contributed by atoms with Gasteiger partial charge < -0.3 is 10.4 Å². The second-order valence-electron chi connectivity index (χ2n) is 2.98. The molecule has 2 N–H and O–H groups in total. The maximum Gasteiger partial charge on any atom is 0.337 e. The van der Waals surface area contributed by atoms with E-state index in [1.807, 2.05) is 0 Å². The second kappa shape index (κ2) is 6.00. The number of carboxylic acid groups (broad SMARTS) is 1. The zero-order valence-electron chi connectivity index (χ0n) is 8.17. The molecule has 0 radical (unpaired) electrons. The Balaban J connectivity index is 2.95. The zero-order valence-corrected chi connectivity index (χ0v) is 11.3. The van der Waals surface area contributed by atoms with Gasteiger partial charge in [-0.25, -0.2) is 4.79 Å². The number of carbonyl (C=O) groups is 2. The molecule has 86 valence electrons. The normalized spacial score (nSPS) is 9.88. The molecule has 16 heavy (non-hydrogen) atoms. The number of anilines is 1. The summed E-state index contributed by atoms with van der Waals surface area (Å²) in [7, 11) is 0. The van der Waals surface area contributed by atoms with Crippen molar-refractivity contribution in [3.63, 3.8) is 0 Å². The van der Waals surface area contributed by atoms with Crippen LogP contribution < -0.4 is 5.32 Å². The standard InChI is InChI=1S/C10H9Br2NO3/c11-4-3-9(14)13-8-2-1-6(12)5-7(8)10(15)16/h1-2,5H,3-4H2,(H,13,14)(H,15,16). The predicted molar refractivity (Wildman–Crippen MR) is 68.1 cm³/mol. The lowest BCUT2D eigenvalue weighted by Crippen LogP contribution is -2.14. The Morgan fingerprint density at radius 1 is 1.38 bits per heavy atom. The Morgan fingerprint density at radius 3 is 2.62 bits per heavy atom. The average Bonchev–Trinajstić information content (AvgIpc) is 2.20. The zero-order chi connectivity index (χ0) is 12.1. The van der Waals surface area contributed by atoms with Gasteiger partial charge in [0.2, 0.25) is 5.91 Å². The van der Waals surface area contributed by atoms with Crippen LogP contribution in [0.15, 0.2) is 22.7 Å². The highest BCUT2D eigenvalue weighted by Crippen LogP contribution is 2.21. The van der Waals surface area contributed by atoms with E-state index in [9.17, 15) is 9.59 Å². The van der Waals surface area contributed by atoms with Crippen LogP contribution in [0.1, 0.15) is 16.8 Å². The van der Waals surface area contributed by atoms with E-state index >= 15 is 0 Å². The Kier molecular flexibility index (Phi) is 4.95. The number of carboxylic acids is 1. The smallest absolute Gasteiger partial charge is 0.337 e. The fourth-order valence-electron chi connectivity index (χ4n) is 1.10. The number of hydrogen-bond donors (Lipinski definition) is 2. The van der Waals surface area contributed by atoms with Crippen molar-refractivity contribution >= 4 is 49.4 Å². The van der Waals surface area contributed by atoms with E-state index in [4.69, 9.17) is 5.11 Å². The largest absolute Gasteiger partial charge is 0.478 e. The molecule has 0 saturated heterocycles. The summed E-state index contributed by atoms with van der Waals surface area (Å²) in [6.45, 7) is 0. The molecule has 0 aromatic heterocycles. The van der Waals surface area contributed by atoms with E-state index < -0.39 is 5.97 Å². The summed E-state index contributed by atoms with van der Waals surface area (Å²) in [5.74, 6) is -1.29. The SMILES string of the molecule is O=C(CCBr)Nc1ccc(Br)cc1C(=O)O. The molecule has 6 heteroatoms. The van der Waals surface area contributed by atoms with Gasteiger partial charge in [0.15, 0.2) is 0 Å². The molecule has 0 aliphatic heterocycles. The van der Waals surface area contributed by atoms with E-state index in [0.29, 0.717) is 21.9 Å². The van der Waals surface area contributed by atoms with Crippen LogP contribution in [0.25, 0.3) is 0 Å². The molecule has 0 bridgehead atoms. The highest BCUT2D eigenvalue weighted by Gasteiger charge is 2.12. The molecular formula is C10H9Br2NO3. The Hall–Kier alpha value is -0.880. The fraction of sp³-hybridized carbons (Fsp3) is 0.200. The van der Waals surface area contributed by atoms with Crippen LogP contribution >= 0.6 is 31.9 Å². The summed E-state index contributed by atoms with van der Waals surface area (Å²) in [6.07, 6.45) is 0.301. The first-order valence-corrected chi connectivity index (χ1v) is 6.34. The number of hydrogen-bond acceptors (Lipinski definition) is 2. The molecule has 0 aliphatic carbocycles. The van der Waals surface area contributed by atoms with Crippen molar-refractivity contribution in [3.8, 4) is 0 Å². The van der Waals surface area contributed by atoms with Crippen molar-refractivity contribution in [3.05, 3.63) is 28.2 Å². The van der Waals surface area contributed by atoms with E-state index in [2.05, 4.69) is 37.2 Å². The van der Waals surface area contributed by atoms with Crippen LogP contribution in [0.5, 0.6) is 0 Å². The molecule has 1 aromatic rings. The molecule has 0 atom stereocenters. The number of halogens is 2. The maximum absolute atomic E-state index is 11.3. The van der Waals surface area contributed by atoms with Gasteiger partial charge in [-0.05, 0) is 18.2 Å². The molecule has 0 fully saturated rings. The molecule has 0 unspecified atom stereocenters. The van der Waals surface area contributed by atoms with Gasteiger partial charge in [-0.1, -0.05) is 31.9 Å². The van der Waals surface area contributed by atoms with Gasteiger partial charge in [-0.15, -0.1) is 0 Å². The first kappa shape index (κ1) is 13.2. The Morgan fingerprint density at radius 2 is 2.06 bits per heavy atom. The number of rotatable bonds is 4. The topological polar surface area (TPSA) is 66.4 Å². The van der Waals surface area contributed by atoms with Crippen molar-refractivity contribution in [1.29, 1.82) is 0 Å². The van der Waals surface area contributed by atoms with Gasteiger partial charge in [-0.2, -0.15) is 0 Å². The minimum atomic E-state index is -1.07. The minimum absolute atomic E-state index is 0.0669. The predicted octanol–water partition coefficient (Wildman–Crippen LogP) is 2.87. The molecule has 0 saturated carbocycles. The van der Waals surface area contributed by atoms with Crippen molar-refractivity contribution in [1.82, 2.24) is 0 Å². The second-order valence-corrected chi connectivity index (χ2v) is 4.69. The van der Waals surface area contributed by atoms with E-state index in [0.717, 1.165) is 0 Å². The maximum atomic E-state index is 11.3. The number of carbonyl (C=O) groups excluding carboxylic acids is 1. The van der Waals surface area contributed by atoms with E-state index in [1.165, 1.54) is 6.07 Å². The Bertz CT molecular complexity index is 421. The quantitative estimate of drug-likeness (QED) is 0.820. The van der Waals surface area contributed by atoms with Gasteiger partial charge in [0.1, 0.15) is 0 Å². The van der Waals surface area contributed by atoms with Crippen LogP contribution in [-0.4, -0.2) is 22.3 Å². The van der Waals surface area contributed by atoms with Crippen LogP contribution in [0.4, 0.5) is 5.69 Å². The van der Waals surface area contributed by atoms with Crippen molar-refractivity contribution in [2.75, 3.05) is 10.6 Å². The molecule has 0 spiro atoms. The lowest BCUT2D eigenvalue weighted by molar-refractivity contribution is -0.115. The van der Waals surface area contributed by atoms with Crippen LogP contribution in [0.2, 0.25) is 0 Å². The van der Waals surface area contributed by atoms with Gasteiger partial charge in [0, 0.05) is 16.2 Å². The summed E-state index contributed by atoms with van der Waals surface area (Å²) in [5.41, 5.74) is 0.374. The van der Waals surface area contributed by atoms with Crippen molar-refractivity contribution in [2.45, 2.75) is 6.42 Å². The van der Waals surface area contributed by atoms with Gasteiger partial charge in [0.05, 0.1) is 11.3 Å². The molecule has 0 aliphatic rings. The number of aromatic carboxylic acids is 1. The number of alkyl halides is 1. The number of nitrogens with one attached hydrogen (secondary N) is 1. The van der Waals surface area contributed by atoms with Gasteiger partial charge in [-0.3, -0.25) is 4.79 Å². The van der Waals surface area contributed by atoms with E-state index in [-0.39, 0.29) is 11.5 Å². The van der Waals surface area contributed by atoms with Crippen LogP contribution in [0.3, 0.4) is 0 Å². The summed E-state index contributed by atoms with van der Waals surface area (Å²) in [5, 5.41) is 12.0. The third-order valence-electron chi connectivity index (χ3n) is 1.81. The first-order chi connectivity index (χ1) is 7.54. The molecule has 1 amide bonds. The lowest BCUT2D eigenvalue weighted by atomic mass is 10.2. The fourth-order valence-corrected chi connectivity index (χ4v) is 1.82. The highest BCUT2D eigenvalue weighted by molar-refractivity contribution is 9.10. The number of amides is 1. The monoisotopic (exact) mass is 349 g/mol. The Labute approximate surface area is 109 Å². The van der Waals surface area contributed by atoms with Gasteiger partial charge >= 0.3 is 5.97 Å². The molecular weight excluding hydrogens is 342 g/mol. The molecule has 1 aromatic carbocycles. The van der Waals surface area contributed by atoms with Crippen LogP contribution in [-0.2, 0) is 4.79 Å². The van der Waals surface area contributed by atoms with Crippen molar-refractivity contribution < 1.29 is 14.7 Å². The molecule has 1 rings (SSSR count). The summed E-state index contributed by atoms with van der Waals surface area (Å²) >= 11 is 6.32. The summed E-state index contributed by atoms with van der Waals surface area (Å²) in [4.78, 5) is 22.3. The third kappa shape index (κ3) is 3.61. The van der Waals surface area contributed by atoms with Crippen LogP contribution in [0, 0.1) is 0 Å². The molecule has 4 nitrogen and oxygen atoms in total. The average molecular weight is 351 g/mol. The highest BCUT2D eigenvalue weighted by atomic mass is 79.9.